The zero-order valence-corrected chi connectivity index (χ0v) is 17.3. The number of hydrogen-bond acceptors (Lipinski definition) is 5. The monoisotopic (exact) mass is 399 g/mol. The van der Waals surface area contributed by atoms with Gasteiger partial charge in [0.2, 0.25) is 0 Å². The van der Waals surface area contributed by atoms with Crippen LogP contribution in [0.15, 0.2) is 42.5 Å². The van der Waals surface area contributed by atoms with E-state index in [1.54, 1.807) is 32.4 Å². The molecule has 0 bridgehead atoms. The molecular weight excluding hydrogens is 370 g/mol. The summed E-state index contributed by atoms with van der Waals surface area (Å²) in [7, 11) is 3.24. The van der Waals surface area contributed by atoms with Crippen molar-refractivity contribution in [3.05, 3.63) is 53.6 Å². The van der Waals surface area contributed by atoms with Crippen molar-refractivity contribution >= 4 is 5.91 Å². The van der Waals surface area contributed by atoms with Crippen LogP contribution in [0.5, 0.6) is 17.2 Å². The zero-order chi connectivity index (χ0) is 20.7. The van der Waals surface area contributed by atoms with Gasteiger partial charge in [0, 0.05) is 30.7 Å². The van der Waals surface area contributed by atoms with Gasteiger partial charge in [0.15, 0.2) is 11.5 Å². The van der Waals surface area contributed by atoms with Crippen LogP contribution in [0.3, 0.4) is 0 Å². The minimum absolute atomic E-state index is 0.131. The smallest absolute Gasteiger partial charge is 0.251 e. The zero-order valence-electron chi connectivity index (χ0n) is 17.3. The molecule has 0 radical (unpaired) electrons. The fourth-order valence-corrected chi connectivity index (χ4v) is 3.71. The quantitative estimate of drug-likeness (QED) is 0.735. The van der Waals surface area contributed by atoms with Gasteiger partial charge in [-0.3, -0.25) is 4.79 Å². The Morgan fingerprint density at radius 3 is 2.38 bits per heavy atom. The summed E-state index contributed by atoms with van der Waals surface area (Å²) in [6.45, 7) is 4.30. The summed E-state index contributed by atoms with van der Waals surface area (Å²) >= 11 is 0. The SMILES string of the molecule is CCOc1cc(C(=O)NCC2(c3ccc(OC)cc3)CCOCC2)ccc1OC. The van der Waals surface area contributed by atoms with E-state index in [0.717, 1.165) is 18.6 Å². The molecular formula is C23H29NO5. The van der Waals surface area contributed by atoms with Crippen LogP contribution in [0.1, 0.15) is 35.7 Å². The van der Waals surface area contributed by atoms with E-state index < -0.39 is 0 Å². The first-order valence-corrected chi connectivity index (χ1v) is 9.93. The molecule has 1 aliphatic rings. The Morgan fingerprint density at radius 1 is 1.03 bits per heavy atom. The maximum Gasteiger partial charge on any atom is 0.251 e. The molecule has 6 heteroatoms. The fourth-order valence-electron chi connectivity index (χ4n) is 3.71. The van der Waals surface area contributed by atoms with Gasteiger partial charge in [0.05, 0.1) is 20.8 Å². The third-order valence-corrected chi connectivity index (χ3v) is 5.47. The van der Waals surface area contributed by atoms with Crippen LogP contribution in [-0.2, 0) is 10.2 Å². The predicted molar refractivity (Wildman–Crippen MR) is 111 cm³/mol. The Kier molecular flexibility index (Phi) is 6.99. The second-order valence-corrected chi connectivity index (χ2v) is 7.10. The number of carbonyl (C=O) groups excluding carboxylic acids is 1. The molecule has 0 unspecified atom stereocenters. The van der Waals surface area contributed by atoms with E-state index in [0.29, 0.717) is 43.4 Å². The van der Waals surface area contributed by atoms with Crippen LogP contribution in [0.2, 0.25) is 0 Å². The molecule has 156 valence electrons. The molecule has 3 rings (SSSR count). The number of carbonyl (C=O) groups is 1. The van der Waals surface area contributed by atoms with Crippen molar-refractivity contribution in [2.24, 2.45) is 0 Å². The summed E-state index contributed by atoms with van der Waals surface area (Å²) in [6.07, 6.45) is 1.71. The minimum Gasteiger partial charge on any atom is -0.497 e. The number of benzene rings is 2. The van der Waals surface area contributed by atoms with Crippen molar-refractivity contribution in [2.75, 3.05) is 40.6 Å². The molecule has 1 fully saturated rings. The molecule has 0 aliphatic carbocycles. The summed E-state index contributed by atoms with van der Waals surface area (Å²) < 4.78 is 21.8. The molecule has 1 saturated heterocycles. The van der Waals surface area contributed by atoms with Crippen LogP contribution < -0.4 is 19.5 Å². The first kappa shape index (κ1) is 21.0. The van der Waals surface area contributed by atoms with E-state index in [1.807, 2.05) is 19.1 Å². The van der Waals surface area contributed by atoms with Crippen LogP contribution >= 0.6 is 0 Å². The van der Waals surface area contributed by atoms with Gasteiger partial charge < -0.3 is 24.3 Å². The lowest BCUT2D eigenvalue weighted by atomic mass is 9.74. The minimum atomic E-state index is -0.157. The fraction of sp³-hybridized carbons (Fsp3) is 0.435. The summed E-state index contributed by atoms with van der Waals surface area (Å²) in [5, 5.41) is 3.12. The molecule has 2 aromatic carbocycles. The van der Waals surface area contributed by atoms with Crippen LogP contribution in [0.4, 0.5) is 0 Å². The number of rotatable bonds is 8. The Labute approximate surface area is 172 Å². The van der Waals surface area contributed by atoms with E-state index in [4.69, 9.17) is 18.9 Å². The largest absolute Gasteiger partial charge is 0.497 e. The molecule has 1 heterocycles. The molecule has 0 spiro atoms. The number of nitrogens with one attached hydrogen (secondary N) is 1. The Morgan fingerprint density at radius 2 is 1.76 bits per heavy atom. The third kappa shape index (κ3) is 4.82. The van der Waals surface area contributed by atoms with Crippen molar-refractivity contribution < 1.29 is 23.7 Å². The van der Waals surface area contributed by atoms with Crippen LogP contribution in [-0.4, -0.2) is 46.5 Å². The summed E-state index contributed by atoms with van der Waals surface area (Å²) in [5.41, 5.74) is 1.58. The molecule has 2 aromatic rings. The summed E-state index contributed by atoms with van der Waals surface area (Å²) in [4.78, 5) is 12.9. The highest BCUT2D eigenvalue weighted by molar-refractivity contribution is 5.95. The van der Waals surface area contributed by atoms with E-state index in [9.17, 15) is 4.79 Å². The van der Waals surface area contributed by atoms with Gasteiger partial charge in [-0.05, 0) is 55.7 Å². The normalized spacial score (nSPS) is 15.4. The highest BCUT2D eigenvalue weighted by atomic mass is 16.5. The van der Waals surface area contributed by atoms with Crippen molar-refractivity contribution in [3.8, 4) is 17.2 Å². The van der Waals surface area contributed by atoms with Gasteiger partial charge in [-0.2, -0.15) is 0 Å². The second kappa shape index (κ2) is 9.65. The average Bonchev–Trinajstić information content (AvgIpc) is 2.78. The van der Waals surface area contributed by atoms with E-state index in [1.165, 1.54) is 5.56 Å². The topological polar surface area (TPSA) is 66.0 Å². The summed E-state index contributed by atoms with van der Waals surface area (Å²) in [6, 6.07) is 13.3. The lowest BCUT2D eigenvalue weighted by molar-refractivity contribution is 0.0487. The summed E-state index contributed by atoms with van der Waals surface area (Å²) in [5.74, 6) is 1.87. The van der Waals surface area contributed by atoms with E-state index in [2.05, 4.69) is 17.4 Å². The van der Waals surface area contributed by atoms with Gasteiger partial charge in [-0.25, -0.2) is 0 Å². The van der Waals surface area contributed by atoms with Crippen molar-refractivity contribution in [1.29, 1.82) is 0 Å². The molecule has 1 amide bonds. The Balaban J connectivity index is 1.77. The van der Waals surface area contributed by atoms with Crippen LogP contribution in [0.25, 0.3) is 0 Å². The molecule has 0 atom stereocenters. The maximum absolute atomic E-state index is 12.9. The van der Waals surface area contributed by atoms with Gasteiger partial charge in [-0.15, -0.1) is 0 Å². The second-order valence-electron chi connectivity index (χ2n) is 7.10. The molecule has 1 N–H and O–H groups in total. The average molecular weight is 399 g/mol. The lowest BCUT2D eigenvalue weighted by Crippen LogP contribution is -2.44. The number of hydrogen-bond donors (Lipinski definition) is 1. The van der Waals surface area contributed by atoms with Crippen molar-refractivity contribution in [1.82, 2.24) is 5.32 Å². The van der Waals surface area contributed by atoms with E-state index >= 15 is 0 Å². The standard InChI is InChI=1S/C23H29NO5/c1-4-29-21-15-17(5-10-20(21)27-3)22(25)24-16-23(11-13-28-14-12-23)18-6-8-19(26-2)9-7-18/h5-10,15H,4,11-14,16H2,1-3H3,(H,24,25). The van der Waals surface area contributed by atoms with Gasteiger partial charge in [-0.1, -0.05) is 12.1 Å². The van der Waals surface area contributed by atoms with Gasteiger partial charge >= 0.3 is 0 Å². The van der Waals surface area contributed by atoms with Crippen LogP contribution in [0, 0.1) is 0 Å². The Hall–Kier alpha value is -2.73. The van der Waals surface area contributed by atoms with Crippen molar-refractivity contribution in [3.63, 3.8) is 0 Å². The van der Waals surface area contributed by atoms with Gasteiger partial charge in [0.1, 0.15) is 5.75 Å². The first-order chi connectivity index (χ1) is 14.1. The van der Waals surface area contributed by atoms with E-state index in [-0.39, 0.29) is 11.3 Å². The molecule has 1 aliphatic heterocycles. The number of amides is 1. The predicted octanol–water partition coefficient (Wildman–Crippen LogP) is 3.58. The third-order valence-electron chi connectivity index (χ3n) is 5.47. The lowest BCUT2D eigenvalue weighted by Gasteiger charge is -2.38. The number of methoxy groups -OCH3 is 2. The molecule has 6 nitrogen and oxygen atoms in total. The first-order valence-electron chi connectivity index (χ1n) is 9.93. The highest BCUT2D eigenvalue weighted by Crippen LogP contribution is 2.35. The maximum atomic E-state index is 12.9. The van der Waals surface area contributed by atoms with Crippen molar-refractivity contribution in [2.45, 2.75) is 25.2 Å². The molecule has 29 heavy (non-hydrogen) atoms. The molecule has 0 saturated carbocycles. The molecule has 0 aromatic heterocycles. The highest BCUT2D eigenvalue weighted by Gasteiger charge is 2.35. The Bertz CT molecular complexity index is 813. The number of ether oxygens (including phenoxy) is 4. The van der Waals surface area contributed by atoms with Gasteiger partial charge in [0.25, 0.3) is 5.91 Å².